The van der Waals surface area contributed by atoms with Crippen LogP contribution in [0.1, 0.15) is 35.6 Å². The van der Waals surface area contributed by atoms with Crippen LogP contribution in [0.15, 0.2) is 42.5 Å². The van der Waals surface area contributed by atoms with E-state index < -0.39 is 12.6 Å². The van der Waals surface area contributed by atoms with E-state index in [0.717, 1.165) is 30.5 Å². The van der Waals surface area contributed by atoms with Gasteiger partial charge in [-0.15, -0.1) is 24.8 Å². The summed E-state index contributed by atoms with van der Waals surface area (Å²) in [7, 11) is 2.89. The van der Waals surface area contributed by atoms with E-state index >= 15 is 0 Å². The van der Waals surface area contributed by atoms with E-state index in [4.69, 9.17) is 15.3 Å². The molecule has 0 aromatic heterocycles. The van der Waals surface area contributed by atoms with E-state index in [1.165, 1.54) is 14.2 Å². The smallest absolute Gasteiger partial charge is 0.393 e. The molecule has 1 fully saturated rings. The molecule has 0 spiro atoms. The normalized spacial score (nSPS) is 19.2. The third-order valence-corrected chi connectivity index (χ3v) is 5.49. The molecule has 174 valence electrons. The van der Waals surface area contributed by atoms with Crippen molar-refractivity contribution in [2.75, 3.05) is 20.8 Å². The number of benzene rings is 2. The van der Waals surface area contributed by atoms with E-state index in [9.17, 15) is 13.2 Å². The quantitative estimate of drug-likeness (QED) is 0.552. The van der Waals surface area contributed by atoms with Gasteiger partial charge < -0.3 is 9.47 Å². The van der Waals surface area contributed by atoms with Crippen molar-refractivity contribution < 1.29 is 22.6 Å². The Kier molecular flexibility index (Phi) is 10.4. The molecule has 0 saturated carbocycles. The van der Waals surface area contributed by atoms with Crippen molar-refractivity contribution in [3.63, 3.8) is 0 Å². The van der Waals surface area contributed by atoms with Crippen molar-refractivity contribution in [2.45, 2.75) is 37.9 Å². The summed E-state index contributed by atoms with van der Waals surface area (Å²) in [6.45, 7) is 0.787. The van der Waals surface area contributed by atoms with E-state index in [2.05, 4.69) is 0 Å². The molecule has 2 atom stereocenters. The number of nitrogens with zero attached hydrogens (tertiary/aromatic N) is 1. The highest BCUT2D eigenvalue weighted by Crippen LogP contribution is 2.40. The summed E-state index contributed by atoms with van der Waals surface area (Å²) < 4.78 is 49.8. The third kappa shape index (κ3) is 6.91. The molecule has 0 bridgehead atoms. The number of ether oxygens (including phenoxy) is 2. The van der Waals surface area contributed by atoms with E-state index in [0.29, 0.717) is 12.2 Å². The Balaban J connectivity index is 0.00000240. The van der Waals surface area contributed by atoms with Gasteiger partial charge in [-0.3, -0.25) is 5.84 Å². The minimum Gasteiger partial charge on any atom is -0.496 e. The standard InChI is InChI=1S/C22H27F3N2O2.2ClH/c1-28-19-13-20(29-2)18(14-22(23,24)25)12-17(19)11-16-9-6-10-27(26)21(16)15-7-4-3-5-8-15;;/h3-5,7-8,12-13,16,21H,6,9-11,14,26H2,1-2H3;2*1H/t16-,21+;;/m0../s1. The molecule has 2 aromatic carbocycles. The molecule has 3 rings (SSSR count). The number of hydrogen-bond acceptors (Lipinski definition) is 4. The first kappa shape index (κ1) is 27.4. The molecule has 1 heterocycles. The number of rotatable bonds is 6. The molecule has 9 heteroatoms. The van der Waals surface area contributed by atoms with Crippen LogP contribution in [0.2, 0.25) is 0 Å². The second-order valence-corrected chi connectivity index (χ2v) is 7.47. The van der Waals surface area contributed by atoms with Gasteiger partial charge in [0.2, 0.25) is 0 Å². The minimum absolute atomic E-state index is 0. The first-order chi connectivity index (χ1) is 13.8. The second-order valence-electron chi connectivity index (χ2n) is 7.47. The highest BCUT2D eigenvalue weighted by Gasteiger charge is 2.33. The van der Waals surface area contributed by atoms with Crippen molar-refractivity contribution in [3.05, 3.63) is 59.2 Å². The molecule has 1 aliphatic heterocycles. The van der Waals surface area contributed by atoms with E-state index in [1.54, 1.807) is 12.1 Å². The van der Waals surface area contributed by atoms with Gasteiger partial charge in [0, 0.05) is 18.2 Å². The lowest BCUT2D eigenvalue weighted by atomic mass is 9.81. The van der Waals surface area contributed by atoms with Crippen molar-refractivity contribution in [3.8, 4) is 11.5 Å². The maximum absolute atomic E-state index is 13.1. The number of alkyl halides is 3. The molecule has 0 radical (unpaired) electrons. The molecule has 0 unspecified atom stereocenters. The van der Waals surface area contributed by atoms with Crippen LogP contribution in [0.25, 0.3) is 0 Å². The lowest BCUT2D eigenvalue weighted by Gasteiger charge is -2.39. The van der Waals surface area contributed by atoms with E-state index in [1.807, 2.05) is 35.3 Å². The van der Waals surface area contributed by atoms with Gasteiger partial charge in [-0.2, -0.15) is 13.2 Å². The van der Waals surface area contributed by atoms with Gasteiger partial charge in [0.15, 0.2) is 0 Å². The fourth-order valence-corrected chi connectivity index (χ4v) is 4.26. The zero-order valence-electron chi connectivity index (χ0n) is 17.5. The molecule has 31 heavy (non-hydrogen) atoms. The van der Waals surface area contributed by atoms with Crippen LogP contribution < -0.4 is 15.3 Å². The van der Waals surface area contributed by atoms with Crippen LogP contribution in [-0.4, -0.2) is 31.9 Å². The van der Waals surface area contributed by atoms with Crippen molar-refractivity contribution in [2.24, 2.45) is 11.8 Å². The summed E-state index contributed by atoms with van der Waals surface area (Å²) in [6, 6.07) is 13.1. The average molecular weight is 481 g/mol. The Bertz CT molecular complexity index is 822. The molecule has 2 aromatic rings. The van der Waals surface area contributed by atoms with Crippen LogP contribution in [0.5, 0.6) is 11.5 Å². The molecule has 0 amide bonds. The van der Waals surface area contributed by atoms with Gasteiger partial charge in [-0.1, -0.05) is 30.3 Å². The highest BCUT2D eigenvalue weighted by atomic mass is 35.5. The first-order valence-electron chi connectivity index (χ1n) is 9.69. The predicted molar refractivity (Wildman–Crippen MR) is 120 cm³/mol. The average Bonchev–Trinajstić information content (AvgIpc) is 2.68. The Morgan fingerprint density at radius 3 is 2.19 bits per heavy atom. The van der Waals surface area contributed by atoms with Gasteiger partial charge >= 0.3 is 6.18 Å². The number of piperidine rings is 1. The van der Waals surface area contributed by atoms with Crippen LogP contribution >= 0.6 is 24.8 Å². The Morgan fingerprint density at radius 1 is 1.00 bits per heavy atom. The fourth-order valence-electron chi connectivity index (χ4n) is 4.26. The summed E-state index contributed by atoms with van der Waals surface area (Å²) >= 11 is 0. The third-order valence-electron chi connectivity index (χ3n) is 5.49. The zero-order valence-corrected chi connectivity index (χ0v) is 19.2. The Hall–Kier alpha value is -1.67. The van der Waals surface area contributed by atoms with Crippen molar-refractivity contribution in [1.29, 1.82) is 0 Å². The highest BCUT2D eigenvalue weighted by molar-refractivity contribution is 5.85. The van der Waals surface area contributed by atoms with E-state index in [-0.39, 0.29) is 48.1 Å². The van der Waals surface area contributed by atoms with Gasteiger partial charge in [-0.05, 0) is 42.4 Å². The van der Waals surface area contributed by atoms with Crippen LogP contribution in [-0.2, 0) is 12.8 Å². The van der Waals surface area contributed by atoms with Crippen LogP contribution in [0.4, 0.5) is 13.2 Å². The summed E-state index contributed by atoms with van der Waals surface area (Å²) in [4.78, 5) is 0. The summed E-state index contributed by atoms with van der Waals surface area (Å²) in [5, 5.41) is 1.84. The van der Waals surface area contributed by atoms with Gasteiger partial charge in [0.1, 0.15) is 11.5 Å². The lowest BCUT2D eigenvalue weighted by molar-refractivity contribution is -0.127. The number of nitrogens with two attached hydrogens (primary N) is 1. The predicted octanol–water partition coefficient (Wildman–Crippen LogP) is 5.52. The summed E-state index contributed by atoms with van der Waals surface area (Å²) in [5.41, 5.74) is 1.98. The van der Waals surface area contributed by atoms with Crippen LogP contribution in [0.3, 0.4) is 0 Å². The Morgan fingerprint density at radius 2 is 1.61 bits per heavy atom. The maximum atomic E-state index is 13.1. The first-order valence-corrected chi connectivity index (χ1v) is 9.69. The topological polar surface area (TPSA) is 47.7 Å². The fraction of sp³-hybridized carbons (Fsp3) is 0.455. The number of hydrogen-bond donors (Lipinski definition) is 1. The van der Waals surface area contributed by atoms with Crippen LogP contribution in [0, 0.1) is 5.92 Å². The largest absolute Gasteiger partial charge is 0.496 e. The van der Waals surface area contributed by atoms with Crippen molar-refractivity contribution in [1.82, 2.24) is 5.01 Å². The molecule has 1 saturated heterocycles. The number of halogens is 5. The number of hydrazine groups is 1. The van der Waals surface area contributed by atoms with Gasteiger partial charge in [0.05, 0.1) is 26.7 Å². The molecular formula is C22H29Cl2F3N2O2. The molecular weight excluding hydrogens is 452 g/mol. The number of methoxy groups -OCH3 is 2. The zero-order chi connectivity index (χ0) is 21.0. The second kappa shape index (κ2) is 11.8. The summed E-state index contributed by atoms with van der Waals surface area (Å²) in [5.74, 6) is 7.20. The SMILES string of the molecule is COc1cc(OC)c(CC(F)(F)F)cc1C[C@@H]1CCCN(N)[C@@H]1c1ccccc1.Cl.Cl. The molecule has 4 nitrogen and oxygen atoms in total. The molecule has 0 aliphatic carbocycles. The molecule has 1 aliphatic rings. The minimum atomic E-state index is -4.31. The molecule has 2 N–H and O–H groups in total. The van der Waals surface area contributed by atoms with Crippen molar-refractivity contribution >= 4 is 24.8 Å². The maximum Gasteiger partial charge on any atom is 0.393 e. The monoisotopic (exact) mass is 480 g/mol. The summed E-state index contributed by atoms with van der Waals surface area (Å²) in [6.07, 6.45) is -2.89. The van der Waals surface area contributed by atoms with Gasteiger partial charge in [-0.25, -0.2) is 5.01 Å². The van der Waals surface area contributed by atoms with Gasteiger partial charge in [0.25, 0.3) is 0 Å². The Labute approximate surface area is 193 Å². The lowest BCUT2D eigenvalue weighted by Crippen LogP contribution is -2.44.